The van der Waals surface area contributed by atoms with Crippen molar-refractivity contribution >= 4 is 22.4 Å². The van der Waals surface area contributed by atoms with Crippen LogP contribution < -0.4 is 15.5 Å². The fourth-order valence-electron chi connectivity index (χ4n) is 2.12. The minimum atomic E-state index is -0.565. The fourth-order valence-corrected chi connectivity index (χ4v) is 2.87. The molecule has 0 aliphatic heterocycles. The third-order valence-corrected chi connectivity index (χ3v) is 4.42. The van der Waals surface area contributed by atoms with Crippen molar-refractivity contribution in [2.45, 2.75) is 19.9 Å². The van der Waals surface area contributed by atoms with Crippen molar-refractivity contribution in [3.05, 3.63) is 46.5 Å². The van der Waals surface area contributed by atoms with Gasteiger partial charge in [0.1, 0.15) is 11.6 Å². The molecule has 0 fully saturated rings. The van der Waals surface area contributed by atoms with E-state index in [0.29, 0.717) is 31.0 Å². The number of guanidine groups is 1. The van der Waals surface area contributed by atoms with Gasteiger partial charge in [0, 0.05) is 38.6 Å². The molecule has 0 saturated carbocycles. The van der Waals surface area contributed by atoms with E-state index in [1.54, 1.807) is 11.3 Å². The van der Waals surface area contributed by atoms with Crippen LogP contribution in [-0.4, -0.2) is 38.1 Å². The van der Waals surface area contributed by atoms with E-state index in [4.69, 9.17) is 0 Å². The molecule has 1 aromatic heterocycles. The predicted octanol–water partition coefficient (Wildman–Crippen LogP) is 2.79. The molecule has 0 unspecified atom stereocenters. The molecule has 2 N–H and O–H groups in total. The summed E-state index contributed by atoms with van der Waals surface area (Å²) in [5.41, 5.74) is 1.37. The van der Waals surface area contributed by atoms with Crippen LogP contribution in [0.2, 0.25) is 0 Å². The first-order valence-electron chi connectivity index (χ1n) is 8.07. The Morgan fingerprint density at radius 3 is 2.72 bits per heavy atom. The zero-order valence-electron chi connectivity index (χ0n) is 14.6. The van der Waals surface area contributed by atoms with Gasteiger partial charge in [-0.1, -0.05) is 6.07 Å². The first kappa shape index (κ1) is 19.1. The smallest absolute Gasteiger partial charge is 0.191 e. The summed E-state index contributed by atoms with van der Waals surface area (Å²) >= 11 is 1.57. The van der Waals surface area contributed by atoms with Crippen LogP contribution in [0.15, 0.2) is 28.6 Å². The number of nitrogens with one attached hydrogen (secondary N) is 2. The van der Waals surface area contributed by atoms with E-state index in [-0.39, 0.29) is 0 Å². The fraction of sp³-hybridized carbons (Fsp3) is 0.412. The largest absolute Gasteiger partial charge is 0.357 e. The standard InChI is InChI=1S/C17H23F2N5S/c1-4-20-16(22-10-14-11-25-17(23-14)24(2)3)21-8-7-12-5-6-13(18)9-15(12)19/h5-6,9,11H,4,7-8,10H2,1-3H3,(H2,20,21,22). The van der Waals surface area contributed by atoms with Gasteiger partial charge in [-0.2, -0.15) is 0 Å². The number of hydrogen-bond donors (Lipinski definition) is 2. The van der Waals surface area contributed by atoms with E-state index in [9.17, 15) is 8.78 Å². The molecule has 0 aliphatic carbocycles. The topological polar surface area (TPSA) is 52.6 Å². The summed E-state index contributed by atoms with van der Waals surface area (Å²) in [7, 11) is 3.90. The average molecular weight is 367 g/mol. The molecule has 5 nitrogen and oxygen atoms in total. The van der Waals surface area contributed by atoms with Gasteiger partial charge in [-0.05, 0) is 25.0 Å². The van der Waals surface area contributed by atoms with Gasteiger partial charge in [0.2, 0.25) is 0 Å². The highest BCUT2D eigenvalue weighted by Crippen LogP contribution is 2.18. The highest BCUT2D eigenvalue weighted by Gasteiger charge is 2.06. The summed E-state index contributed by atoms with van der Waals surface area (Å²) in [5.74, 6) is -0.448. The second-order valence-electron chi connectivity index (χ2n) is 5.62. The number of thiazole rings is 1. The van der Waals surface area contributed by atoms with Gasteiger partial charge < -0.3 is 15.5 Å². The molecule has 1 heterocycles. The minimum absolute atomic E-state index is 0.442. The molecule has 0 saturated heterocycles. The number of hydrogen-bond acceptors (Lipinski definition) is 4. The Balaban J connectivity index is 1.90. The summed E-state index contributed by atoms with van der Waals surface area (Å²) in [6.07, 6.45) is 0.442. The average Bonchev–Trinajstić information content (AvgIpc) is 3.04. The molecule has 0 aliphatic rings. The van der Waals surface area contributed by atoms with Crippen LogP contribution in [0.5, 0.6) is 0 Å². The predicted molar refractivity (Wildman–Crippen MR) is 99.3 cm³/mol. The Bertz CT molecular complexity index is 715. The van der Waals surface area contributed by atoms with Crippen molar-refractivity contribution < 1.29 is 8.78 Å². The van der Waals surface area contributed by atoms with Crippen LogP contribution in [0.1, 0.15) is 18.2 Å². The second kappa shape index (κ2) is 9.31. The lowest BCUT2D eigenvalue weighted by Gasteiger charge is -2.11. The molecule has 136 valence electrons. The Kier molecular flexibility index (Phi) is 7.12. The minimum Gasteiger partial charge on any atom is -0.357 e. The van der Waals surface area contributed by atoms with Crippen LogP contribution in [0.3, 0.4) is 0 Å². The normalized spacial score (nSPS) is 11.5. The van der Waals surface area contributed by atoms with E-state index >= 15 is 0 Å². The van der Waals surface area contributed by atoms with E-state index in [1.165, 1.54) is 12.1 Å². The third kappa shape index (κ3) is 5.97. The van der Waals surface area contributed by atoms with E-state index in [0.717, 1.165) is 23.4 Å². The van der Waals surface area contributed by atoms with E-state index in [1.807, 2.05) is 31.3 Å². The lowest BCUT2D eigenvalue weighted by molar-refractivity contribution is 0.570. The first-order valence-corrected chi connectivity index (χ1v) is 8.95. The molecular formula is C17H23F2N5S. The highest BCUT2D eigenvalue weighted by atomic mass is 32.1. The van der Waals surface area contributed by atoms with Crippen molar-refractivity contribution in [3.63, 3.8) is 0 Å². The van der Waals surface area contributed by atoms with Gasteiger partial charge in [-0.15, -0.1) is 11.3 Å². The second-order valence-corrected chi connectivity index (χ2v) is 6.46. The third-order valence-electron chi connectivity index (χ3n) is 3.37. The SMILES string of the molecule is CCNC(=NCc1csc(N(C)C)n1)NCCc1ccc(F)cc1F. The van der Waals surface area contributed by atoms with Gasteiger partial charge >= 0.3 is 0 Å². The number of rotatable bonds is 7. The number of nitrogens with zero attached hydrogens (tertiary/aromatic N) is 3. The van der Waals surface area contributed by atoms with Crippen molar-refractivity contribution in [1.29, 1.82) is 0 Å². The van der Waals surface area contributed by atoms with Crippen molar-refractivity contribution in [2.75, 3.05) is 32.1 Å². The van der Waals surface area contributed by atoms with Gasteiger partial charge in [0.05, 0.1) is 12.2 Å². The first-order chi connectivity index (χ1) is 12.0. The maximum atomic E-state index is 13.6. The molecule has 0 atom stereocenters. The molecule has 0 amide bonds. The Morgan fingerprint density at radius 2 is 2.08 bits per heavy atom. The molecule has 2 aromatic rings. The number of aromatic nitrogens is 1. The van der Waals surface area contributed by atoms with Crippen LogP contribution in [0, 0.1) is 11.6 Å². The Labute approximate surface area is 150 Å². The molecule has 8 heteroatoms. The van der Waals surface area contributed by atoms with E-state index in [2.05, 4.69) is 20.6 Å². The Morgan fingerprint density at radius 1 is 1.28 bits per heavy atom. The summed E-state index contributed by atoms with van der Waals surface area (Å²) in [6, 6.07) is 3.63. The lowest BCUT2D eigenvalue weighted by atomic mass is 10.1. The van der Waals surface area contributed by atoms with E-state index < -0.39 is 11.6 Å². The molecule has 2 rings (SSSR count). The summed E-state index contributed by atoms with van der Waals surface area (Å²) < 4.78 is 26.6. The number of aliphatic imine (C=N–C) groups is 1. The zero-order chi connectivity index (χ0) is 18.2. The quantitative estimate of drug-likeness (QED) is 0.584. The molecule has 0 radical (unpaired) electrons. The molecule has 25 heavy (non-hydrogen) atoms. The van der Waals surface area contributed by atoms with Crippen LogP contribution in [-0.2, 0) is 13.0 Å². The lowest BCUT2D eigenvalue weighted by Crippen LogP contribution is -2.38. The summed E-state index contributed by atoms with van der Waals surface area (Å²) in [4.78, 5) is 10.9. The molecule has 0 bridgehead atoms. The maximum Gasteiger partial charge on any atom is 0.191 e. The maximum absolute atomic E-state index is 13.6. The molecule has 1 aromatic carbocycles. The van der Waals surface area contributed by atoms with Crippen LogP contribution >= 0.6 is 11.3 Å². The van der Waals surface area contributed by atoms with Crippen molar-refractivity contribution in [1.82, 2.24) is 15.6 Å². The van der Waals surface area contributed by atoms with Gasteiger partial charge in [0.15, 0.2) is 11.1 Å². The monoisotopic (exact) mass is 367 g/mol. The van der Waals surface area contributed by atoms with Gasteiger partial charge in [-0.3, -0.25) is 0 Å². The summed E-state index contributed by atoms with van der Waals surface area (Å²) in [6.45, 7) is 3.65. The van der Waals surface area contributed by atoms with Crippen LogP contribution in [0.25, 0.3) is 0 Å². The number of benzene rings is 1. The molecule has 0 spiro atoms. The van der Waals surface area contributed by atoms with Crippen molar-refractivity contribution in [2.24, 2.45) is 4.99 Å². The number of halogens is 2. The zero-order valence-corrected chi connectivity index (χ0v) is 15.5. The molecular weight excluding hydrogens is 344 g/mol. The Hall–Kier alpha value is -2.22. The number of anilines is 1. The van der Waals surface area contributed by atoms with Crippen molar-refractivity contribution in [3.8, 4) is 0 Å². The highest BCUT2D eigenvalue weighted by molar-refractivity contribution is 7.13. The summed E-state index contributed by atoms with van der Waals surface area (Å²) in [5, 5.41) is 9.22. The van der Waals surface area contributed by atoms with Crippen LogP contribution in [0.4, 0.5) is 13.9 Å². The van der Waals surface area contributed by atoms with Gasteiger partial charge in [0.25, 0.3) is 0 Å². The van der Waals surface area contributed by atoms with Gasteiger partial charge in [-0.25, -0.2) is 18.8 Å².